The van der Waals surface area contributed by atoms with E-state index in [0.29, 0.717) is 22.2 Å². The van der Waals surface area contributed by atoms with E-state index in [1.807, 2.05) is 20.8 Å². The summed E-state index contributed by atoms with van der Waals surface area (Å²) >= 11 is 6.07. The molecule has 2 rings (SSSR count). The second-order valence-corrected chi connectivity index (χ2v) is 6.91. The molecule has 1 aromatic carbocycles. The van der Waals surface area contributed by atoms with E-state index in [2.05, 4.69) is 21.1 Å². The van der Waals surface area contributed by atoms with Crippen LogP contribution in [0, 0.1) is 0 Å². The molecule has 0 spiro atoms. The molecular formula is C17H21ClN4O3. The van der Waals surface area contributed by atoms with Gasteiger partial charge in [-0.1, -0.05) is 37.5 Å². The minimum absolute atomic E-state index is 0.0151. The van der Waals surface area contributed by atoms with Crippen molar-refractivity contribution < 1.29 is 14.1 Å². The third-order valence-corrected chi connectivity index (χ3v) is 3.75. The molecule has 0 saturated heterocycles. The Balaban J connectivity index is 1.93. The van der Waals surface area contributed by atoms with Gasteiger partial charge in [0.05, 0.1) is 22.8 Å². The van der Waals surface area contributed by atoms with Gasteiger partial charge >= 0.3 is 0 Å². The Labute approximate surface area is 151 Å². The highest BCUT2D eigenvalue weighted by Gasteiger charge is 2.19. The quantitative estimate of drug-likeness (QED) is 0.757. The zero-order chi connectivity index (χ0) is 18.6. The Bertz CT molecular complexity index is 780. The zero-order valence-corrected chi connectivity index (χ0v) is 15.3. The fourth-order valence-corrected chi connectivity index (χ4v) is 2.26. The number of rotatable bonds is 5. The first-order valence-electron chi connectivity index (χ1n) is 7.73. The number of nitrogens with zero attached hydrogens (tertiary/aromatic N) is 1. The molecule has 0 unspecified atom stereocenters. The lowest BCUT2D eigenvalue weighted by molar-refractivity contribution is -0.114. The fourth-order valence-electron chi connectivity index (χ4n) is 2.00. The van der Waals surface area contributed by atoms with Gasteiger partial charge in [0.2, 0.25) is 11.8 Å². The van der Waals surface area contributed by atoms with E-state index >= 15 is 0 Å². The van der Waals surface area contributed by atoms with E-state index in [4.69, 9.17) is 16.1 Å². The van der Waals surface area contributed by atoms with Gasteiger partial charge in [-0.2, -0.15) is 0 Å². The van der Waals surface area contributed by atoms with Crippen LogP contribution in [0.25, 0.3) is 0 Å². The van der Waals surface area contributed by atoms with Crippen LogP contribution in [0.1, 0.15) is 36.8 Å². The average molecular weight is 365 g/mol. The van der Waals surface area contributed by atoms with E-state index < -0.39 is 0 Å². The highest BCUT2D eigenvalue weighted by atomic mass is 35.5. The lowest BCUT2D eigenvalue weighted by atomic mass is 9.92. The molecule has 1 aromatic heterocycles. The molecule has 2 aromatic rings. The number of hydrogen-bond acceptors (Lipinski definition) is 5. The molecule has 0 aliphatic rings. The van der Waals surface area contributed by atoms with E-state index in [0.717, 1.165) is 5.69 Å². The van der Waals surface area contributed by atoms with E-state index in [1.54, 1.807) is 24.3 Å². The van der Waals surface area contributed by atoms with Crippen LogP contribution in [-0.2, 0) is 10.2 Å². The van der Waals surface area contributed by atoms with Crippen LogP contribution in [0.2, 0.25) is 5.02 Å². The number of nitrogens with one attached hydrogen (secondary N) is 3. The first kappa shape index (κ1) is 18.8. The highest BCUT2D eigenvalue weighted by Crippen LogP contribution is 2.24. The number of aromatic nitrogens is 1. The molecule has 8 heteroatoms. The molecule has 3 N–H and O–H groups in total. The summed E-state index contributed by atoms with van der Waals surface area (Å²) in [6.45, 7) is 6.03. The summed E-state index contributed by atoms with van der Waals surface area (Å²) in [5, 5.41) is 12.3. The molecule has 0 aliphatic heterocycles. The Morgan fingerprint density at radius 1 is 1.24 bits per heavy atom. The van der Waals surface area contributed by atoms with Crippen molar-refractivity contribution in [1.29, 1.82) is 0 Å². The molecular weight excluding hydrogens is 344 g/mol. The second kappa shape index (κ2) is 7.57. The maximum atomic E-state index is 12.0. The molecule has 0 fully saturated rings. The number of carbonyl (C=O) groups is 2. The largest absolute Gasteiger partial charge is 0.376 e. The summed E-state index contributed by atoms with van der Waals surface area (Å²) in [5.74, 6) is -0.262. The molecule has 0 bridgehead atoms. The Hall–Kier alpha value is -2.54. The number of hydrogen-bond donors (Lipinski definition) is 3. The molecule has 134 valence electrons. The molecule has 7 nitrogen and oxygen atoms in total. The summed E-state index contributed by atoms with van der Waals surface area (Å²) in [4.78, 5) is 23.6. The minimum Gasteiger partial charge on any atom is -0.376 e. The van der Waals surface area contributed by atoms with Gasteiger partial charge in [0.15, 0.2) is 0 Å². The van der Waals surface area contributed by atoms with Gasteiger partial charge < -0.3 is 15.2 Å². The lowest BCUT2D eigenvalue weighted by Crippen LogP contribution is -2.22. The number of carbonyl (C=O) groups excluding carboxylic acids is 2. The van der Waals surface area contributed by atoms with Crippen LogP contribution in [0.5, 0.6) is 0 Å². The number of benzene rings is 1. The molecule has 0 saturated carbocycles. The number of halogens is 1. The first-order valence-corrected chi connectivity index (χ1v) is 8.11. The number of anilines is 2. The molecule has 0 radical (unpaired) electrons. The predicted molar refractivity (Wildman–Crippen MR) is 97.2 cm³/mol. The van der Waals surface area contributed by atoms with Gasteiger partial charge in [0.1, 0.15) is 0 Å². The van der Waals surface area contributed by atoms with Crippen LogP contribution in [0.3, 0.4) is 0 Å². The third-order valence-electron chi connectivity index (χ3n) is 3.44. The summed E-state index contributed by atoms with van der Waals surface area (Å²) in [6.07, 6.45) is 0. The van der Waals surface area contributed by atoms with Gasteiger partial charge in [-0.3, -0.25) is 14.9 Å². The van der Waals surface area contributed by atoms with Crippen molar-refractivity contribution in [3.63, 3.8) is 0 Å². The van der Waals surface area contributed by atoms with Crippen molar-refractivity contribution in [2.45, 2.75) is 26.2 Å². The van der Waals surface area contributed by atoms with Gasteiger partial charge in [0, 0.05) is 24.2 Å². The zero-order valence-electron chi connectivity index (χ0n) is 14.6. The SMILES string of the molecule is CNC(=O)c1ccc(NCC(=O)Nc2cc(C(C)(C)C)no2)cc1Cl. The van der Waals surface area contributed by atoms with Gasteiger partial charge in [0.25, 0.3) is 5.91 Å². The Morgan fingerprint density at radius 2 is 1.96 bits per heavy atom. The maximum absolute atomic E-state index is 12.0. The van der Waals surface area contributed by atoms with Crippen molar-refractivity contribution in [3.8, 4) is 0 Å². The standard InChI is InChI=1S/C17H21ClN4O3/c1-17(2,3)13-8-15(25-22-13)21-14(23)9-20-10-5-6-11(12(18)7-10)16(24)19-4/h5-8,20H,9H2,1-4H3,(H,19,24)(H,21,23). The lowest BCUT2D eigenvalue weighted by Gasteiger charge is -2.12. The molecule has 25 heavy (non-hydrogen) atoms. The molecule has 1 heterocycles. The molecule has 2 amide bonds. The van der Waals surface area contributed by atoms with Gasteiger partial charge in [-0.05, 0) is 18.2 Å². The highest BCUT2D eigenvalue weighted by molar-refractivity contribution is 6.34. The third kappa shape index (κ3) is 4.96. The molecule has 0 atom stereocenters. The smallest absolute Gasteiger partial charge is 0.252 e. The normalized spacial score (nSPS) is 11.1. The summed E-state index contributed by atoms with van der Waals surface area (Å²) < 4.78 is 5.11. The van der Waals surface area contributed by atoms with Crippen LogP contribution in [0.4, 0.5) is 11.6 Å². The van der Waals surface area contributed by atoms with E-state index in [-0.39, 0.29) is 23.8 Å². The van der Waals surface area contributed by atoms with Gasteiger partial charge in [-0.15, -0.1) is 0 Å². The number of amides is 2. The van der Waals surface area contributed by atoms with Crippen LogP contribution in [0.15, 0.2) is 28.8 Å². The van der Waals surface area contributed by atoms with Crippen molar-refractivity contribution >= 4 is 35.0 Å². The van der Waals surface area contributed by atoms with E-state index in [9.17, 15) is 9.59 Å². The predicted octanol–water partition coefficient (Wildman–Crippen LogP) is 3.04. The average Bonchev–Trinajstić information content (AvgIpc) is 3.01. The van der Waals surface area contributed by atoms with Crippen LogP contribution >= 0.6 is 11.6 Å². The van der Waals surface area contributed by atoms with E-state index in [1.165, 1.54) is 7.05 Å². The second-order valence-electron chi connectivity index (χ2n) is 6.50. The fraction of sp³-hybridized carbons (Fsp3) is 0.353. The molecule has 0 aliphatic carbocycles. The summed E-state index contributed by atoms with van der Waals surface area (Å²) in [6, 6.07) is 6.56. The summed E-state index contributed by atoms with van der Waals surface area (Å²) in [5.41, 5.74) is 1.59. The monoisotopic (exact) mass is 364 g/mol. The van der Waals surface area contributed by atoms with Crippen LogP contribution in [-0.4, -0.2) is 30.6 Å². The maximum Gasteiger partial charge on any atom is 0.252 e. The van der Waals surface area contributed by atoms with Gasteiger partial charge in [-0.25, -0.2) is 0 Å². The topological polar surface area (TPSA) is 96.3 Å². The van der Waals surface area contributed by atoms with Crippen molar-refractivity contribution in [2.24, 2.45) is 0 Å². The van der Waals surface area contributed by atoms with Crippen molar-refractivity contribution in [3.05, 3.63) is 40.5 Å². The summed E-state index contributed by atoms with van der Waals surface area (Å²) in [7, 11) is 1.53. The first-order chi connectivity index (χ1) is 11.7. The van der Waals surface area contributed by atoms with Crippen molar-refractivity contribution in [1.82, 2.24) is 10.5 Å². The Morgan fingerprint density at radius 3 is 2.52 bits per heavy atom. The van der Waals surface area contributed by atoms with Crippen molar-refractivity contribution in [2.75, 3.05) is 24.2 Å². The van der Waals surface area contributed by atoms with Crippen LogP contribution < -0.4 is 16.0 Å². The minimum atomic E-state index is -0.289. The Kier molecular flexibility index (Phi) is 5.69.